The topological polar surface area (TPSA) is 29.5 Å². The lowest BCUT2D eigenvalue weighted by Crippen LogP contribution is -2.44. The van der Waals surface area contributed by atoms with Crippen molar-refractivity contribution < 1.29 is 9.53 Å². The Balaban J connectivity index is 2.31. The quantitative estimate of drug-likeness (QED) is 0.535. The van der Waals surface area contributed by atoms with Crippen molar-refractivity contribution in [2.75, 3.05) is 13.1 Å². The summed E-state index contributed by atoms with van der Waals surface area (Å²) in [6, 6.07) is 0. The molecular formula is C8H15NO2. The summed E-state index contributed by atoms with van der Waals surface area (Å²) in [5, 5.41) is 0. The van der Waals surface area contributed by atoms with E-state index in [-0.39, 0.29) is 11.7 Å². The zero-order chi connectivity index (χ0) is 8.48. The van der Waals surface area contributed by atoms with Crippen LogP contribution in [0.3, 0.4) is 0 Å². The van der Waals surface area contributed by atoms with Gasteiger partial charge < -0.3 is 9.64 Å². The molecule has 1 fully saturated rings. The molecule has 0 aromatic heterocycles. The van der Waals surface area contributed by atoms with E-state index in [2.05, 4.69) is 0 Å². The largest absolute Gasteiger partial charge is 0.444 e. The highest BCUT2D eigenvalue weighted by atomic mass is 16.6. The summed E-state index contributed by atoms with van der Waals surface area (Å²) in [6.07, 6.45) is 0.933. The Bertz CT molecular complexity index is 156. The first-order chi connectivity index (χ1) is 4.99. The Kier molecular flexibility index (Phi) is 2.07. The van der Waals surface area contributed by atoms with Gasteiger partial charge in [-0.2, -0.15) is 0 Å². The smallest absolute Gasteiger partial charge is 0.410 e. The first-order valence-corrected chi connectivity index (χ1v) is 3.97. The van der Waals surface area contributed by atoms with Gasteiger partial charge in [0.1, 0.15) is 5.60 Å². The Morgan fingerprint density at radius 1 is 1.36 bits per heavy atom. The van der Waals surface area contributed by atoms with E-state index >= 15 is 0 Å². The van der Waals surface area contributed by atoms with Gasteiger partial charge in [-0.3, -0.25) is 0 Å². The summed E-state index contributed by atoms with van der Waals surface area (Å²) < 4.78 is 5.13. The van der Waals surface area contributed by atoms with Gasteiger partial charge in [0.2, 0.25) is 0 Å². The highest BCUT2D eigenvalue weighted by molar-refractivity contribution is 5.68. The second-order valence-corrected chi connectivity index (χ2v) is 3.82. The molecule has 0 bridgehead atoms. The summed E-state index contributed by atoms with van der Waals surface area (Å²) >= 11 is 0. The van der Waals surface area contributed by atoms with Gasteiger partial charge >= 0.3 is 6.09 Å². The van der Waals surface area contributed by atoms with E-state index in [9.17, 15) is 4.79 Å². The van der Waals surface area contributed by atoms with Crippen LogP contribution in [0, 0.1) is 0 Å². The fourth-order valence-corrected chi connectivity index (χ4v) is 0.825. The van der Waals surface area contributed by atoms with Crippen molar-refractivity contribution in [1.29, 1.82) is 0 Å². The molecule has 3 nitrogen and oxygen atoms in total. The number of amides is 1. The van der Waals surface area contributed by atoms with E-state index in [0.717, 1.165) is 19.5 Å². The molecule has 1 rings (SSSR count). The predicted molar refractivity (Wildman–Crippen MR) is 42.4 cm³/mol. The Morgan fingerprint density at radius 2 is 1.91 bits per heavy atom. The molecule has 0 N–H and O–H groups in total. The number of nitrogens with zero attached hydrogens (tertiary/aromatic N) is 1. The van der Waals surface area contributed by atoms with Crippen molar-refractivity contribution >= 4 is 6.09 Å². The molecular weight excluding hydrogens is 142 g/mol. The summed E-state index contributed by atoms with van der Waals surface area (Å²) in [5.41, 5.74) is -0.354. The minimum atomic E-state index is -0.354. The molecule has 0 aliphatic carbocycles. The molecule has 0 radical (unpaired) electrons. The van der Waals surface area contributed by atoms with Crippen LogP contribution in [0.4, 0.5) is 4.79 Å². The Morgan fingerprint density at radius 3 is 2.18 bits per heavy atom. The molecule has 1 aliphatic heterocycles. The van der Waals surface area contributed by atoms with Crippen LogP contribution in [0.2, 0.25) is 0 Å². The molecule has 0 aromatic carbocycles. The highest BCUT2D eigenvalue weighted by Crippen LogP contribution is 2.13. The molecule has 0 saturated carbocycles. The van der Waals surface area contributed by atoms with Crippen LogP contribution in [0.1, 0.15) is 27.2 Å². The van der Waals surface area contributed by atoms with E-state index in [1.165, 1.54) is 0 Å². The second kappa shape index (κ2) is 2.72. The molecule has 1 heterocycles. The second-order valence-electron chi connectivity index (χ2n) is 3.82. The average molecular weight is 157 g/mol. The monoisotopic (exact) mass is 157 g/mol. The number of hydrogen-bond donors (Lipinski definition) is 0. The zero-order valence-corrected chi connectivity index (χ0v) is 7.39. The van der Waals surface area contributed by atoms with Gasteiger partial charge in [-0.15, -0.1) is 0 Å². The van der Waals surface area contributed by atoms with Crippen molar-refractivity contribution in [2.45, 2.75) is 32.8 Å². The summed E-state index contributed by atoms with van der Waals surface area (Å²) in [5.74, 6) is 0. The lowest BCUT2D eigenvalue weighted by atomic mass is 10.2. The SMILES string of the molecule is CC(C)(C)OC(=O)N1CCC1. The number of carbonyl (C=O) groups is 1. The average Bonchev–Trinajstić information content (AvgIpc) is 1.50. The van der Waals surface area contributed by atoms with E-state index in [1.807, 2.05) is 20.8 Å². The van der Waals surface area contributed by atoms with Crippen molar-refractivity contribution in [2.24, 2.45) is 0 Å². The maximum absolute atomic E-state index is 11.1. The van der Waals surface area contributed by atoms with Crippen LogP contribution in [0.5, 0.6) is 0 Å². The van der Waals surface area contributed by atoms with Gasteiger partial charge in [0.25, 0.3) is 0 Å². The minimum absolute atomic E-state index is 0.177. The van der Waals surface area contributed by atoms with Crippen LogP contribution in [-0.4, -0.2) is 29.7 Å². The summed E-state index contributed by atoms with van der Waals surface area (Å²) in [4.78, 5) is 12.9. The number of ether oxygens (including phenoxy) is 1. The predicted octanol–water partition coefficient (Wildman–Crippen LogP) is 1.63. The molecule has 1 aliphatic rings. The van der Waals surface area contributed by atoms with Gasteiger partial charge in [0.15, 0.2) is 0 Å². The normalized spacial score (nSPS) is 17.5. The molecule has 1 saturated heterocycles. The van der Waals surface area contributed by atoms with Gasteiger partial charge in [0.05, 0.1) is 0 Å². The van der Waals surface area contributed by atoms with Gasteiger partial charge in [-0.05, 0) is 27.2 Å². The molecule has 11 heavy (non-hydrogen) atoms. The van der Waals surface area contributed by atoms with Crippen molar-refractivity contribution in [3.8, 4) is 0 Å². The van der Waals surface area contributed by atoms with E-state index in [0.29, 0.717) is 0 Å². The van der Waals surface area contributed by atoms with E-state index in [4.69, 9.17) is 4.74 Å². The summed E-state index contributed by atoms with van der Waals surface area (Å²) in [6.45, 7) is 7.35. The standard InChI is InChI=1S/C8H15NO2/c1-8(2,3)11-7(10)9-5-4-6-9/h4-6H2,1-3H3. The van der Waals surface area contributed by atoms with Crippen LogP contribution in [0.15, 0.2) is 0 Å². The lowest BCUT2D eigenvalue weighted by Gasteiger charge is -2.32. The molecule has 0 aromatic rings. The van der Waals surface area contributed by atoms with E-state index < -0.39 is 0 Å². The highest BCUT2D eigenvalue weighted by Gasteiger charge is 2.25. The lowest BCUT2D eigenvalue weighted by molar-refractivity contribution is 0.0131. The molecule has 0 spiro atoms. The molecule has 64 valence electrons. The van der Waals surface area contributed by atoms with Crippen molar-refractivity contribution in [3.63, 3.8) is 0 Å². The van der Waals surface area contributed by atoms with Crippen LogP contribution in [0.25, 0.3) is 0 Å². The van der Waals surface area contributed by atoms with E-state index in [1.54, 1.807) is 4.90 Å². The first kappa shape index (κ1) is 8.37. The minimum Gasteiger partial charge on any atom is -0.444 e. The van der Waals surface area contributed by atoms with Gasteiger partial charge in [-0.1, -0.05) is 0 Å². The summed E-state index contributed by atoms with van der Waals surface area (Å²) in [7, 11) is 0. The van der Waals surface area contributed by atoms with Crippen LogP contribution in [-0.2, 0) is 4.74 Å². The number of hydrogen-bond acceptors (Lipinski definition) is 2. The number of carbonyl (C=O) groups excluding carboxylic acids is 1. The van der Waals surface area contributed by atoms with Gasteiger partial charge in [0, 0.05) is 13.1 Å². The Hall–Kier alpha value is -0.730. The third kappa shape index (κ3) is 2.41. The molecule has 3 heteroatoms. The fourth-order valence-electron chi connectivity index (χ4n) is 0.825. The third-order valence-electron chi connectivity index (χ3n) is 1.51. The number of likely N-dealkylation sites (tertiary alicyclic amines) is 1. The maximum atomic E-state index is 11.1. The van der Waals surface area contributed by atoms with Crippen molar-refractivity contribution in [1.82, 2.24) is 4.90 Å². The first-order valence-electron chi connectivity index (χ1n) is 3.97. The Labute approximate surface area is 67.3 Å². The zero-order valence-electron chi connectivity index (χ0n) is 7.39. The third-order valence-corrected chi connectivity index (χ3v) is 1.51. The van der Waals surface area contributed by atoms with Gasteiger partial charge in [-0.25, -0.2) is 4.79 Å². The van der Waals surface area contributed by atoms with Crippen LogP contribution < -0.4 is 0 Å². The fraction of sp³-hybridized carbons (Fsp3) is 0.875. The maximum Gasteiger partial charge on any atom is 0.410 e. The van der Waals surface area contributed by atoms with Crippen molar-refractivity contribution in [3.05, 3.63) is 0 Å². The molecule has 0 atom stereocenters. The van der Waals surface area contributed by atoms with Crippen LogP contribution >= 0.6 is 0 Å². The molecule has 1 amide bonds. The number of rotatable bonds is 0. The molecule has 0 unspecified atom stereocenters.